The summed E-state index contributed by atoms with van der Waals surface area (Å²) < 4.78 is 0.807. The van der Waals surface area contributed by atoms with Gasteiger partial charge in [-0.05, 0) is 35.9 Å². The molecule has 0 radical (unpaired) electrons. The predicted octanol–water partition coefficient (Wildman–Crippen LogP) is 2.53. The highest BCUT2D eigenvalue weighted by Crippen LogP contribution is 2.25. The number of carbonyl (C=O) groups excluding carboxylic acids is 1. The Morgan fingerprint density at radius 3 is 2.48 bits per heavy atom. The number of anilines is 1. The van der Waals surface area contributed by atoms with E-state index in [-0.39, 0.29) is 29.2 Å². The first-order chi connectivity index (χ1) is 12.8. The summed E-state index contributed by atoms with van der Waals surface area (Å²) in [4.78, 5) is 24.0. The van der Waals surface area contributed by atoms with Crippen molar-refractivity contribution in [2.45, 2.75) is 6.42 Å². The summed E-state index contributed by atoms with van der Waals surface area (Å²) in [6, 6.07) is 12.9. The molecule has 0 unspecified atom stereocenters. The number of para-hydroxylation sites is 1. The lowest BCUT2D eigenvalue weighted by atomic mass is 9.97. The molecule has 2 rings (SSSR count). The van der Waals surface area contributed by atoms with E-state index in [2.05, 4.69) is 26.5 Å². The van der Waals surface area contributed by atoms with Gasteiger partial charge in [0.15, 0.2) is 11.6 Å². The van der Waals surface area contributed by atoms with Crippen LogP contribution in [0.2, 0.25) is 0 Å². The zero-order valence-corrected chi connectivity index (χ0v) is 15.4. The topological polar surface area (TPSA) is 152 Å². The third-order valence-corrected chi connectivity index (χ3v) is 4.01. The lowest BCUT2D eigenvalue weighted by Crippen LogP contribution is -2.22. The molecule has 0 saturated carbocycles. The number of ketones is 1. The largest absolute Gasteiger partial charge is 0.481 e. The molecule has 0 bridgehead atoms. The summed E-state index contributed by atoms with van der Waals surface area (Å²) in [5, 5.41) is 29.1. The number of hydrogen-bond donors (Lipinski definition) is 4. The van der Waals surface area contributed by atoms with Crippen LogP contribution in [-0.2, 0) is 11.2 Å². The van der Waals surface area contributed by atoms with Crippen LogP contribution < -0.4 is 11.2 Å². The Labute approximate surface area is 162 Å². The first-order valence-corrected chi connectivity index (χ1v) is 8.35. The maximum Gasteiger partial charge on any atom is 0.307 e. The molecule has 0 aliphatic rings. The summed E-state index contributed by atoms with van der Waals surface area (Å²) >= 11 is 3.30. The molecular formula is C18H14BrN5O3. The molecule has 0 heterocycles. The maximum absolute atomic E-state index is 12.9. The first kappa shape index (κ1) is 19.8. The Morgan fingerprint density at radius 1 is 1.26 bits per heavy atom. The SMILES string of the molecule is N#C/C(=N\Nc1c(CC(=O)O)cccc1C(=O)c1ccc(Br)cc1)C(=N)N. The van der Waals surface area contributed by atoms with Gasteiger partial charge in [0.05, 0.1) is 12.1 Å². The molecule has 0 aliphatic heterocycles. The molecule has 2 aromatic carbocycles. The number of nitrogens with zero attached hydrogens (tertiary/aromatic N) is 2. The minimum atomic E-state index is -1.10. The van der Waals surface area contributed by atoms with Crippen LogP contribution in [0.3, 0.4) is 0 Å². The van der Waals surface area contributed by atoms with Gasteiger partial charge in [0, 0.05) is 15.6 Å². The third-order valence-electron chi connectivity index (χ3n) is 3.48. The summed E-state index contributed by atoms with van der Waals surface area (Å²) in [5.41, 5.74) is 8.42. The molecule has 0 amide bonds. The van der Waals surface area contributed by atoms with Crippen LogP contribution in [0.5, 0.6) is 0 Å². The van der Waals surface area contributed by atoms with E-state index >= 15 is 0 Å². The van der Waals surface area contributed by atoms with E-state index < -0.39 is 11.8 Å². The molecule has 0 spiro atoms. The Balaban J connectivity index is 2.54. The molecule has 136 valence electrons. The second-order valence-corrected chi connectivity index (χ2v) is 6.26. The number of hydrogen-bond acceptors (Lipinski definition) is 6. The normalized spacial score (nSPS) is 10.7. The van der Waals surface area contributed by atoms with Gasteiger partial charge in [-0.2, -0.15) is 10.4 Å². The second kappa shape index (κ2) is 8.73. The van der Waals surface area contributed by atoms with Crippen LogP contribution in [-0.4, -0.2) is 28.4 Å². The molecule has 5 N–H and O–H groups in total. The van der Waals surface area contributed by atoms with Gasteiger partial charge in [-0.25, -0.2) is 0 Å². The highest BCUT2D eigenvalue weighted by Gasteiger charge is 2.18. The van der Waals surface area contributed by atoms with E-state index in [1.54, 1.807) is 36.4 Å². The number of carboxylic acid groups (broad SMARTS) is 1. The first-order valence-electron chi connectivity index (χ1n) is 7.55. The van der Waals surface area contributed by atoms with E-state index in [9.17, 15) is 9.59 Å². The van der Waals surface area contributed by atoms with Gasteiger partial charge >= 0.3 is 5.97 Å². The third kappa shape index (κ3) is 4.99. The van der Waals surface area contributed by atoms with Crippen molar-refractivity contribution in [1.29, 1.82) is 10.7 Å². The standard InChI is InChI=1S/C18H14BrN5O3/c19-12-6-4-10(5-7-12)17(27)13-3-1-2-11(8-15(25)26)16(13)24-23-14(9-20)18(21)22/h1-7,24H,8H2,(H3,21,22)(H,25,26)/b23-14+. The number of aliphatic carboxylic acids is 1. The van der Waals surface area contributed by atoms with Crippen LogP contribution in [0, 0.1) is 16.7 Å². The Morgan fingerprint density at radius 2 is 1.93 bits per heavy atom. The van der Waals surface area contributed by atoms with Crippen LogP contribution in [0.15, 0.2) is 52.0 Å². The van der Waals surface area contributed by atoms with Crippen LogP contribution in [0.1, 0.15) is 21.5 Å². The van der Waals surface area contributed by atoms with E-state index in [0.29, 0.717) is 11.1 Å². The maximum atomic E-state index is 12.9. The fourth-order valence-electron chi connectivity index (χ4n) is 2.25. The van der Waals surface area contributed by atoms with E-state index in [4.69, 9.17) is 21.5 Å². The van der Waals surface area contributed by atoms with Crippen molar-refractivity contribution in [3.05, 3.63) is 63.6 Å². The number of hydrazone groups is 1. The quantitative estimate of drug-likeness (QED) is 0.230. The number of nitriles is 1. The average molecular weight is 428 g/mol. The summed E-state index contributed by atoms with van der Waals surface area (Å²) in [7, 11) is 0. The highest BCUT2D eigenvalue weighted by molar-refractivity contribution is 9.10. The van der Waals surface area contributed by atoms with Gasteiger partial charge in [0.1, 0.15) is 6.07 Å². The Bertz CT molecular complexity index is 977. The molecule has 0 atom stereocenters. The van der Waals surface area contributed by atoms with Gasteiger partial charge in [0.25, 0.3) is 0 Å². The summed E-state index contributed by atoms with van der Waals surface area (Å²) in [6.45, 7) is 0. The number of carboxylic acids is 1. The van der Waals surface area contributed by atoms with Crippen LogP contribution in [0.4, 0.5) is 5.69 Å². The number of halogens is 1. The number of nitrogens with one attached hydrogen (secondary N) is 2. The fraction of sp³-hybridized carbons (Fsp3) is 0.0556. The van der Waals surface area contributed by atoms with E-state index in [1.165, 1.54) is 12.1 Å². The van der Waals surface area contributed by atoms with E-state index in [0.717, 1.165) is 4.47 Å². The molecule has 27 heavy (non-hydrogen) atoms. The van der Waals surface area contributed by atoms with Gasteiger partial charge < -0.3 is 10.8 Å². The number of rotatable bonds is 7. The van der Waals surface area contributed by atoms with Crippen molar-refractivity contribution in [3.8, 4) is 6.07 Å². The van der Waals surface area contributed by atoms with Gasteiger partial charge in [-0.1, -0.05) is 28.1 Å². The molecule has 0 aromatic heterocycles. The number of benzene rings is 2. The summed E-state index contributed by atoms with van der Waals surface area (Å²) in [6.07, 6.45) is -0.360. The van der Waals surface area contributed by atoms with Crippen molar-refractivity contribution in [1.82, 2.24) is 0 Å². The predicted molar refractivity (Wildman–Crippen MR) is 104 cm³/mol. The zero-order valence-electron chi connectivity index (χ0n) is 13.9. The Kier molecular flexibility index (Phi) is 6.41. The number of amidine groups is 1. The van der Waals surface area contributed by atoms with Crippen LogP contribution in [0.25, 0.3) is 0 Å². The lowest BCUT2D eigenvalue weighted by Gasteiger charge is -2.13. The molecule has 9 heteroatoms. The Hall–Kier alpha value is -3.51. The van der Waals surface area contributed by atoms with Crippen molar-refractivity contribution in [2.24, 2.45) is 10.8 Å². The van der Waals surface area contributed by atoms with Gasteiger partial charge in [-0.3, -0.25) is 20.4 Å². The molecular weight excluding hydrogens is 414 g/mol. The molecule has 2 aromatic rings. The van der Waals surface area contributed by atoms with Crippen LogP contribution >= 0.6 is 15.9 Å². The highest BCUT2D eigenvalue weighted by atomic mass is 79.9. The van der Waals surface area contributed by atoms with Crippen molar-refractivity contribution in [3.63, 3.8) is 0 Å². The van der Waals surface area contributed by atoms with Crippen molar-refractivity contribution < 1.29 is 14.7 Å². The average Bonchev–Trinajstić information content (AvgIpc) is 2.62. The smallest absolute Gasteiger partial charge is 0.307 e. The lowest BCUT2D eigenvalue weighted by molar-refractivity contribution is -0.136. The summed E-state index contributed by atoms with van der Waals surface area (Å²) in [5.74, 6) is -2.00. The van der Waals surface area contributed by atoms with Gasteiger partial charge in [-0.15, -0.1) is 0 Å². The van der Waals surface area contributed by atoms with Gasteiger partial charge in [0.2, 0.25) is 5.71 Å². The second-order valence-electron chi connectivity index (χ2n) is 5.34. The van der Waals surface area contributed by atoms with Crippen molar-refractivity contribution >= 4 is 44.9 Å². The molecule has 0 aliphatic carbocycles. The fourth-order valence-corrected chi connectivity index (χ4v) is 2.51. The molecule has 0 fully saturated rings. The monoisotopic (exact) mass is 427 g/mol. The molecule has 8 nitrogen and oxygen atoms in total. The number of nitrogens with two attached hydrogens (primary N) is 1. The number of carbonyl (C=O) groups is 2. The zero-order chi connectivity index (χ0) is 20.0. The minimum absolute atomic E-state index is 0.141. The van der Waals surface area contributed by atoms with E-state index in [1.807, 2.05) is 0 Å². The molecule has 0 saturated heterocycles. The minimum Gasteiger partial charge on any atom is -0.481 e. The van der Waals surface area contributed by atoms with Crippen molar-refractivity contribution in [2.75, 3.05) is 5.43 Å².